The van der Waals surface area contributed by atoms with Crippen LogP contribution in [0.3, 0.4) is 0 Å². The Morgan fingerprint density at radius 1 is 1.22 bits per heavy atom. The van der Waals surface area contributed by atoms with Crippen molar-refractivity contribution in [1.29, 1.82) is 0 Å². The molecule has 1 aromatic carbocycles. The molecular formula is C17H23NO4S. The molecule has 5 nitrogen and oxygen atoms in total. The smallest absolute Gasteiger partial charge is 0.262 e. The van der Waals surface area contributed by atoms with Crippen molar-refractivity contribution < 1.29 is 18.8 Å². The van der Waals surface area contributed by atoms with Crippen LogP contribution >= 0.6 is 0 Å². The van der Waals surface area contributed by atoms with E-state index in [0.29, 0.717) is 5.56 Å². The highest BCUT2D eigenvalue weighted by Crippen LogP contribution is 2.36. The predicted molar refractivity (Wildman–Crippen MR) is 90.8 cm³/mol. The number of nitrogens with two attached hydrogens (primary N) is 1. The number of carbonyl (C=O) groups excluding carboxylic acids is 1. The van der Waals surface area contributed by atoms with Gasteiger partial charge in [0.2, 0.25) is 0 Å². The average Bonchev–Trinajstić information content (AvgIpc) is 2.44. The summed E-state index contributed by atoms with van der Waals surface area (Å²) in [5.74, 6) is -0.561. The third-order valence-electron chi connectivity index (χ3n) is 4.20. The summed E-state index contributed by atoms with van der Waals surface area (Å²) in [4.78, 5) is 11.8. The molecule has 1 aliphatic rings. The topological polar surface area (TPSA) is 89.6 Å². The lowest BCUT2D eigenvalue weighted by Crippen LogP contribution is -2.46. The zero-order valence-corrected chi connectivity index (χ0v) is 14.7. The van der Waals surface area contributed by atoms with Gasteiger partial charge in [0.1, 0.15) is 21.7 Å². The second-order valence-corrected chi connectivity index (χ2v) is 7.22. The van der Waals surface area contributed by atoms with Crippen molar-refractivity contribution in [3.8, 4) is 0 Å². The summed E-state index contributed by atoms with van der Waals surface area (Å²) in [7, 11) is 0. The minimum absolute atomic E-state index is 0.0285. The number of primary amides is 1. The Hall–Kier alpha value is -1.50. The number of amides is 1. The molecule has 0 radical (unpaired) electrons. The first kappa shape index (κ1) is 17.8. The second kappa shape index (κ2) is 6.55. The van der Waals surface area contributed by atoms with E-state index < -0.39 is 11.5 Å². The molecular weight excluding hydrogens is 314 g/mol. The van der Waals surface area contributed by atoms with Gasteiger partial charge in [0.05, 0.1) is 13.2 Å². The third-order valence-corrected chi connectivity index (χ3v) is 4.77. The molecule has 6 heteroatoms. The zero-order valence-electron chi connectivity index (χ0n) is 13.9. The predicted octanol–water partition coefficient (Wildman–Crippen LogP) is 1.37. The van der Waals surface area contributed by atoms with Crippen LogP contribution in [0.4, 0.5) is 0 Å². The third kappa shape index (κ3) is 3.24. The number of benzene rings is 1. The molecule has 1 aromatic rings. The summed E-state index contributed by atoms with van der Waals surface area (Å²) in [5.41, 5.74) is 7.50. The lowest BCUT2D eigenvalue weighted by molar-refractivity contribution is -0.184. The molecule has 1 aliphatic heterocycles. The second-order valence-electron chi connectivity index (χ2n) is 6.64. The molecule has 1 saturated heterocycles. The van der Waals surface area contributed by atoms with Crippen LogP contribution < -0.4 is 5.73 Å². The fraction of sp³-hybridized carbons (Fsp3) is 0.529. The molecule has 1 fully saturated rings. The van der Waals surface area contributed by atoms with E-state index >= 15 is 0 Å². The average molecular weight is 337 g/mol. The minimum Gasteiger partial charge on any atom is -0.380 e. The van der Waals surface area contributed by atoms with Gasteiger partial charge in [-0.25, -0.2) is 4.21 Å². The number of rotatable bonds is 5. The van der Waals surface area contributed by atoms with E-state index in [9.17, 15) is 14.1 Å². The van der Waals surface area contributed by atoms with Crippen molar-refractivity contribution in [3.05, 3.63) is 34.4 Å². The van der Waals surface area contributed by atoms with Crippen LogP contribution in [0, 0.1) is 0 Å². The van der Waals surface area contributed by atoms with Crippen LogP contribution in [0.5, 0.6) is 0 Å². The van der Waals surface area contributed by atoms with E-state index in [1.807, 2.05) is 39.8 Å². The maximum Gasteiger partial charge on any atom is 0.262 e. The number of hydrogen-bond donors (Lipinski definition) is 2. The number of hydrogen-bond acceptors (Lipinski definition) is 4. The molecule has 0 aromatic heterocycles. The van der Waals surface area contributed by atoms with Crippen LogP contribution in [0.25, 0.3) is 0 Å². The van der Waals surface area contributed by atoms with Crippen molar-refractivity contribution in [2.75, 3.05) is 13.2 Å². The highest BCUT2D eigenvalue weighted by atomic mass is 32.1. The van der Waals surface area contributed by atoms with Crippen molar-refractivity contribution in [2.24, 2.45) is 5.73 Å². The monoisotopic (exact) mass is 337 g/mol. The normalized spacial score (nSPS) is 16.3. The van der Waals surface area contributed by atoms with Crippen LogP contribution in [0.1, 0.15) is 61.8 Å². The molecule has 1 amide bonds. The van der Waals surface area contributed by atoms with Gasteiger partial charge in [-0.2, -0.15) is 0 Å². The Morgan fingerprint density at radius 3 is 1.96 bits per heavy atom. The summed E-state index contributed by atoms with van der Waals surface area (Å²) in [6, 6.07) is 3.74. The van der Waals surface area contributed by atoms with E-state index in [4.69, 9.17) is 10.5 Å². The van der Waals surface area contributed by atoms with E-state index in [1.165, 1.54) is 0 Å². The maximum absolute atomic E-state index is 11.7. The molecule has 23 heavy (non-hydrogen) atoms. The van der Waals surface area contributed by atoms with Crippen LogP contribution in [0.15, 0.2) is 12.1 Å². The molecule has 0 bridgehead atoms. The van der Waals surface area contributed by atoms with Gasteiger partial charge in [-0.15, -0.1) is 0 Å². The SMILES string of the molecule is CC(C)c1cc(C2(O)COC2)cc(C(C)C)c1C(=S=O)C(N)=O. The maximum atomic E-state index is 11.7. The largest absolute Gasteiger partial charge is 0.380 e. The first-order valence-corrected chi connectivity index (χ1v) is 8.40. The number of carbonyl (C=O) groups is 1. The van der Waals surface area contributed by atoms with Gasteiger partial charge in [0.25, 0.3) is 5.91 Å². The summed E-state index contributed by atoms with van der Waals surface area (Å²) in [6.07, 6.45) is 0. The summed E-state index contributed by atoms with van der Waals surface area (Å²) in [5, 5.41) is 10.6. The number of aliphatic hydroxyl groups is 1. The van der Waals surface area contributed by atoms with Crippen LogP contribution in [-0.2, 0) is 26.4 Å². The molecule has 1 heterocycles. The lowest BCUT2D eigenvalue weighted by Gasteiger charge is -2.38. The number of ether oxygens (including phenoxy) is 1. The first-order valence-electron chi connectivity index (χ1n) is 7.66. The summed E-state index contributed by atoms with van der Waals surface area (Å²) >= 11 is 0.132. The highest BCUT2D eigenvalue weighted by Gasteiger charge is 2.39. The van der Waals surface area contributed by atoms with Gasteiger partial charge in [-0.3, -0.25) is 4.79 Å². The molecule has 0 atom stereocenters. The fourth-order valence-corrected chi connectivity index (χ4v) is 3.20. The minimum atomic E-state index is -0.997. The zero-order chi connectivity index (χ0) is 17.4. The van der Waals surface area contributed by atoms with E-state index in [0.717, 1.165) is 16.7 Å². The molecule has 2 rings (SSSR count). The van der Waals surface area contributed by atoms with Gasteiger partial charge in [-0.1, -0.05) is 39.8 Å². The quantitative estimate of drug-likeness (QED) is 0.627. The Kier molecular flexibility index (Phi) is 5.08. The van der Waals surface area contributed by atoms with Crippen LogP contribution in [0.2, 0.25) is 0 Å². The van der Waals surface area contributed by atoms with Crippen molar-refractivity contribution >= 4 is 22.0 Å². The molecule has 0 unspecified atom stereocenters. The van der Waals surface area contributed by atoms with Gasteiger partial charge >= 0.3 is 0 Å². The van der Waals surface area contributed by atoms with Gasteiger partial charge < -0.3 is 15.6 Å². The van der Waals surface area contributed by atoms with Crippen molar-refractivity contribution in [3.63, 3.8) is 0 Å². The summed E-state index contributed by atoms with van der Waals surface area (Å²) in [6.45, 7) is 8.46. The van der Waals surface area contributed by atoms with E-state index in [2.05, 4.69) is 0 Å². The first-order chi connectivity index (χ1) is 10.7. The Morgan fingerprint density at radius 2 is 1.70 bits per heavy atom. The molecule has 0 saturated carbocycles. The standard InChI is InChI=1S/C17H23NO4S/c1-9(2)12-5-11(17(20)7-22-8-17)6-13(10(3)4)14(12)15(23-21)16(18)19/h5-6,9-10,20H,7-8H2,1-4H3,(H2,18,19). The fourth-order valence-electron chi connectivity index (χ4n) is 2.80. The Bertz CT molecular complexity index is 657. The lowest BCUT2D eigenvalue weighted by atomic mass is 9.80. The van der Waals surface area contributed by atoms with E-state index in [1.54, 1.807) is 0 Å². The molecule has 0 aliphatic carbocycles. The molecule has 0 spiro atoms. The van der Waals surface area contributed by atoms with Gasteiger partial charge in [-0.05, 0) is 28.5 Å². The highest BCUT2D eigenvalue weighted by molar-refractivity contribution is 7.69. The van der Waals surface area contributed by atoms with Crippen molar-refractivity contribution in [2.45, 2.75) is 45.1 Å². The summed E-state index contributed by atoms with van der Waals surface area (Å²) < 4.78 is 16.6. The van der Waals surface area contributed by atoms with E-state index in [-0.39, 0.29) is 41.2 Å². The Labute approximate surface area is 139 Å². The van der Waals surface area contributed by atoms with Gasteiger partial charge in [0, 0.05) is 5.56 Å². The van der Waals surface area contributed by atoms with Gasteiger partial charge in [0.15, 0.2) is 0 Å². The molecule has 3 N–H and O–H groups in total. The Balaban J connectivity index is 2.78. The molecule has 126 valence electrons. The van der Waals surface area contributed by atoms with Crippen molar-refractivity contribution in [1.82, 2.24) is 0 Å². The van der Waals surface area contributed by atoms with Crippen LogP contribution in [-0.4, -0.2) is 33.3 Å².